The molecule has 6 nitrogen and oxygen atoms in total. The van der Waals surface area contributed by atoms with E-state index in [9.17, 15) is 4.79 Å². The predicted octanol–water partition coefficient (Wildman–Crippen LogP) is 0.776. The van der Waals surface area contributed by atoms with Crippen molar-refractivity contribution >= 4 is 24.5 Å². The first-order chi connectivity index (χ1) is 8.67. The number of hydrogen-bond donors (Lipinski definition) is 1. The van der Waals surface area contributed by atoms with Gasteiger partial charge in [0, 0.05) is 13.0 Å². The number of carbonyl (C=O) groups excluding carboxylic acids is 1. The van der Waals surface area contributed by atoms with Gasteiger partial charge < -0.3 is 9.47 Å². The highest BCUT2D eigenvalue weighted by Crippen LogP contribution is 2.26. The number of carbonyl (C=O) groups is 1. The van der Waals surface area contributed by atoms with Gasteiger partial charge in [0.2, 0.25) is 23.6 Å². The van der Waals surface area contributed by atoms with Crippen LogP contribution in [0, 0.1) is 5.92 Å². The number of aromatic nitrogens is 2. The number of amides is 1. The third-order valence-electron chi connectivity index (χ3n) is 2.79. The molecule has 0 spiro atoms. The lowest BCUT2D eigenvalue weighted by Crippen LogP contribution is -2.27. The van der Waals surface area contributed by atoms with Crippen LogP contribution in [0.15, 0.2) is 6.07 Å². The van der Waals surface area contributed by atoms with Crippen molar-refractivity contribution in [2.24, 2.45) is 5.92 Å². The third-order valence-corrected chi connectivity index (χ3v) is 3.31. The van der Waals surface area contributed by atoms with Gasteiger partial charge in [-0.3, -0.25) is 9.69 Å². The number of nitrogens with zero attached hydrogens (tertiary/aromatic N) is 3. The van der Waals surface area contributed by atoms with Gasteiger partial charge in [0.05, 0.1) is 20.3 Å². The molecule has 1 aliphatic heterocycles. The van der Waals surface area contributed by atoms with Gasteiger partial charge in [-0.05, 0) is 11.7 Å². The zero-order valence-corrected chi connectivity index (χ0v) is 11.2. The fourth-order valence-electron chi connectivity index (χ4n) is 1.82. The van der Waals surface area contributed by atoms with Crippen LogP contribution in [0.4, 0.5) is 5.95 Å². The molecule has 0 bridgehead atoms. The van der Waals surface area contributed by atoms with Gasteiger partial charge in [-0.2, -0.15) is 22.6 Å². The molecule has 2 heterocycles. The Kier molecular flexibility index (Phi) is 3.90. The van der Waals surface area contributed by atoms with Gasteiger partial charge in [0.15, 0.2) is 0 Å². The molecule has 2 rings (SSSR count). The fraction of sp³-hybridized carbons (Fsp3) is 0.545. The zero-order chi connectivity index (χ0) is 13.1. The Morgan fingerprint density at radius 1 is 1.39 bits per heavy atom. The number of rotatable bonds is 4. The third kappa shape index (κ3) is 2.50. The van der Waals surface area contributed by atoms with Crippen molar-refractivity contribution < 1.29 is 14.3 Å². The molecule has 18 heavy (non-hydrogen) atoms. The summed E-state index contributed by atoms with van der Waals surface area (Å²) in [5.41, 5.74) is 0. The van der Waals surface area contributed by atoms with E-state index in [0.29, 0.717) is 36.4 Å². The van der Waals surface area contributed by atoms with E-state index >= 15 is 0 Å². The maximum atomic E-state index is 11.9. The lowest BCUT2D eigenvalue weighted by Gasteiger charge is -2.15. The van der Waals surface area contributed by atoms with E-state index < -0.39 is 0 Å². The molecular weight excluding hydrogens is 254 g/mol. The number of hydrogen-bond acceptors (Lipinski definition) is 6. The van der Waals surface area contributed by atoms with Crippen molar-refractivity contribution in [3.8, 4) is 11.8 Å². The summed E-state index contributed by atoms with van der Waals surface area (Å²) < 4.78 is 10.1. The van der Waals surface area contributed by atoms with Gasteiger partial charge >= 0.3 is 0 Å². The zero-order valence-electron chi connectivity index (χ0n) is 10.3. The molecule has 1 aromatic heterocycles. The maximum Gasteiger partial charge on any atom is 0.238 e. The van der Waals surface area contributed by atoms with Crippen LogP contribution in [0.5, 0.6) is 11.8 Å². The molecule has 0 aromatic carbocycles. The minimum Gasteiger partial charge on any atom is -0.481 e. The van der Waals surface area contributed by atoms with Crippen LogP contribution >= 0.6 is 12.6 Å². The first-order valence-corrected chi connectivity index (χ1v) is 6.19. The molecule has 1 fully saturated rings. The number of thiol groups is 1. The second kappa shape index (κ2) is 5.43. The monoisotopic (exact) mass is 269 g/mol. The second-order valence-corrected chi connectivity index (χ2v) is 4.37. The van der Waals surface area contributed by atoms with Crippen molar-refractivity contribution in [3.63, 3.8) is 0 Å². The molecule has 0 saturated carbocycles. The molecule has 1 aliphatic rings. The first-order valence-electron chi connectivity index (χ1n) is 5.56. The summed E-state index contributed by atoms with van der Waals surface area (Å²) in [6, 6.07) is 1.57. The van der Waals surface area contributed by atoms with E-state index in [4.69, 9.17) is 9.47 Å². The smallest absolute Gasteiger partial charge is 0.238 e. The maximum absolute atomic E-state index is 11.9. The number of anilines is 1. The van der Waals surface area contributed by atoms with Gasteiger partial charge in [-0.15, -0.1) is 0 Å². The van der Waals surface area contributed by atoms with Gasteiger partial charge in [-0.1, -0.05) is 0 Å². The van der Waals surface area contributed by atoms with Crippen LogP contribution in [0.3, 0.4) is 0 Å². The highest BCUT2D eigenvalue weighted by molar-refractivity contribution is 7.80. The van der Waals surface area contributed by atoms with Crippen molar-refractivity contribution in [1.29, 1.82) is 0 Å². The summed E-state index contributed by atoms with van der Waals surface area (Å²) in [5, 5.41) is 0. The molecule has 7 heteroatoms. The molecule has 1 atom stereocenters. The molecule has 0 radical (unpaired) electrons. The summed E-state index contributed by atoms with van der Waals surface area (Å²) in [7, 11) is 3.02. The van der Waals surface area contributed by atoms with Crippen molar-refractivity contribution in [2.75, 3.05) is 31.4 Å². The average Bonchev–Trinajstić information content (AvgIpc) is 2.79. The van der Waals surface area contributed by atoms with Crippen LogP contribution < -0.4 is 14.4 Å². The van der Waals surface area contributed by atoms with E-state index in [2.05, 4.69) is 22.6 Å². The number of methoxy groups -OCH3 is 2. The first kappa shape index (κ1) is 12.9. The molecule has 1 unspecified atom stereocenters. The van der Waals surface area contributed by atoms with E-state index in [1.807, 2.05) is 0 Å². The fourth-order valence-corrected chi connectivity index (χ4v) is 2.06. The van der Waals surface area contributed by atoms with Gasteiger partial charge in [-0.25, -0.2) is 0 Å². The quantitative estimate of drug-likeness (QED) is 0.818. The van der Waals surface area contributed by atoms with Crippen LogP contribution in [-0.2, 0) is 4.79 Å². The summed E-state index contributed by atoms with van der Waals surface area (Å²) >= 11 is 4.22. The Labute approximate surface area is 111 Å². The van der Waals surface area contributed by atoms with Gasteiger partial charge in [0.25, 0.3) is 0 Å². The Balaban J connectivity index is 2.30. The van der Waals surface area contributed by atoms with E-state index in [1.165, 1.54) is 14.2 Å². The van der Waals surface area contributed by atoms with Crippen LogP contribution in [0.25, 0.3) is 0 Å². The molecular formula is C11H15N3O3S. The molecule has 1 saturated heterocycles. The Morgan fingerprint density at radius 2 is 2.00 bits per heavy atom. The minimum absolute atomic E-state index is 0.00403. The summed E-state index contributed by atoms with van der Waals surface area (Å²) in [5.74, 6) is 1.98. The number of ether oxygens (including phenoxy) is 2. The van der Waals surface area contributed by atoms with Crippen LogP contribution in [0.1, 0.15) is 6.42 Å². The summed E-state index contributed by atoms with van der Waals surface area (Å²) in [4.78, 5) is 21.8. The van der Waals surface area contributed by atoms with E-state index in [-0.39, 0.29) is 11.8 Å². The Bertz CT molecular complexity index is 433. The molecule has 0 aliphatic carbocycles. The SMILES string of the molecule is COc1cc(OC)nc(N2CC(CS)CC2=O)n1. The average molecular weight is 269 g/mol. The Hall–Kier alpha value is -1.50. The Morgan fingerprint density at radius 3 is 2.44 bits per heavy atom. The highest BCUT2D eigenvalue weighted by Gasteiger charge is 2.31. The molecule has 0 N–H and O–H groups in total. The highest BCUT2D eigenvalue weighted by atomic mass is 32.1. The molecule has 1 amide bonds. The largest absolute Gasteiger partial charge is 0.481 e. The van der Waals surface area contributed by atoms with Gasteiger partial charge in [0.1, 0.15) is 0 Å². The van der Waals surface area contributed by atoms with E-state index in [1.54, 1.807) is 11.0 Å². The minimum atomic E-state index is 0.00403. The molecule has 1 aromatic rings. The predicted molar refractivity (Wildman–Crippen MR) is 69.4 cm³/mol. The van der Waals surface area contributed by atoms with E-state index in [0.717, 1.165) is 0 Å². The lowest BCUT2D eigenvalue weighted by molar-refractivity contribution is -0.117. The molecule has 98 valence electrons. The van der Waals surface area contributed by atoms with Crippen molar-refractivity contribution in [1.82, 2.24) is 9.97 Å². The topological polar surface area (TPSA) is 64.6 Å². The standard InChI is InChI=1S/C11H15N3O3S/c1-16-8-4-9(17-2)13-11(12-8)14-5-7(6-18)3-10(14)15/h4,7,18H,3,5-6H2,1-2H3. The normalized spacial score (nSPS) is 19.2. The van der Waals surface area contributed by atoms with Crippen LogP contribution in [-0.4, -0.2) is 42.4 Å². The lowest BCUT2D eigenvalue weighted by atomic mass is 10.1. The van der Waals surface area contributed by atoms with Crippen molar-refractivity contribution in [2.45, 2.75) is 6.42 Å². The summed E-state index contributed by atoms with van der Waals surface area (Å²) in [6.07, 6.45) is 0.479. The van der Waals surface area contributed by atoms with Crippen molar-refractivity contribution in [3.05, 3.63) is 6.07 Å². The van der Waals surface area contributed by atoms with Crippen LogP contribution in [0.2, 0.25) is 0 Å². The summed E-state index contributed by atoms with van der Waals surface area (Å²) in [6.45, 7) is 0.582. The second-order valence-electron chi connectivity index (χ2n) is 4.01.